The third kappa shape index (κ3) is 4.87. The molecule has 2 aliphatic rings. The monoisotopic (exact) mass is 450 g/mol. The Morgan fingerprint density at radius 2 is 1.70 bits per heavy atom. The summed E-state index contributed by atoms with van der Waals surface area (Å²) < 4.78 is 5.55. The fraction of sp³-hybridized carbons (Fsp3) is 0.423. The highest BCUT2D eigenvalue weighted by molar-refractivity contribution is 5.85. The number of carbonyl (C=O) groups excluding carboxylic acids is 2. The molecule has 2 aromatic carbocycles. The van der Waals surface area contributed by atoms with Gasteiger partial charge in [-0.1, -0.05) is 55.5 Å². The summed E-state index contributed by atoms with van der Waals surface area (Å²) in [5, 5.41) is 11.9. The van der Waals surface area contributed by atoms with Crippen LogP contribution < -0.4 is 5.32 Å². The Morgan fingerprint density at radius 3 is 2.27 bits per heavy atom. The molecule has 0 aromatic heterocycles. The Labute approximate surface area is 193 Å². The first-order chi connectivity index (χ1) is 15.9. The summed E-state index contributed by atoms with van der Waals surface area (Å²) in [7, 11) is 0. The molecule has 0 bridgehead atoms. The van der Waals surface area contributed by atoms with Crippen molar-refractivity contribution in [3.05, 3.63) is 59.7 Å². The van der Waals surface area contributed by atoms with Gasteiger partial charge in [-0.25, -0.2) is 4.79 Å². The molecular weight excluding hydrogens is 420 g/mol. The maximum absolute atomic E-state index is 12.7. The van der Waals surface area contributed by atoms with Crippen LogP contribution in [0, 0.1) is 11.8 Å². The van der Waals surface area contributed by atoms with Gasteiger partial charge in [0.15, 0.2) is 0 Å². The average Bonchev–Trinajstić information content (AvgIpc) is 3.53. The van der Waals surface area contributed by atoms with Gasteiger partial charge in [0.25, 0.3) is 0 Å². The van der Waals surface area contributed by atoms with Gasteiger partial charge in [0.2, 0.25) is 5.91 Å². The number of aliphatic carboxylic acids is 1. The number of fused-ring (bicyclic) bond motifs is 3. The van der Waals surface area contributed by atoms with E-state index in [0.717, 1.165) is 11.1 Å². The first-order valence-electron chi connectivity index (χ1n) is 11.5. The van der Waals surface area contributed by atoms with Crippen LogP contribution in [-0.2, 0) is 14.3 Å². The van der Waals surface area contributed by atoms with Crippen molar-refractivity contribution in [2.24, 2.45) is 11.8 Å². The third-order valence-electron chi connectivity index (χ3n) is 6.80. The highest BCUT2D eigenvalue weighted by Gasteiger charge is 2.46. The number of amides is 2. The summed E-state index contributed by atoms with van der Waals surface area (Å²) in [5.41, 5.74) is 4.66. The van der Waals surface area contributed by atoms with Crippen LogP contribution in [0.5, 0.6) is 0 Å². The van der Waals surface area contributed by atoms with Gasteiger partial charge in [0.1, 0.15) is 13.2 Å². The van der Waals surface area contributed by atoms with Crippen LogP contribution in [0.15, 0.2) is 48.5 Å². The predicted molar refractivity (Wildman–Crippen MR) is 124 cm³/mol. The first kappa shape index (κ1) is 22.8. The molecule has 0 saturated heterocycles. The molecular formula is C26H30N2O5. The van der Waals surface area contributed by atoms with Gasteiger partial charge in [-0.15, -0.1) is 0 Å². The van der Waals surface area contributed by atoms with E-state index in [0.29, 0.717) is 19.4 Å². The Balaban J connectivity index is 1.28. The molecule has 7 heteroatoms. The Kier molecular flexibility index (Phi) is 6.67. The molecule has 3 atom stereocenters. The molecule has 1 fully saturated rings. The minimum Gasteiger partial charge on any atom is -0.480 e. The summed E-state index contributed by atoms with van der Waals surface area (Å²) in [6.45, 7) is 4.07. The van der Waals surface area contributed by atoms with Crippen molar-refractivity contribution in [2.75, 3.05) is 19.7 Å². The van der Waals surface area contributed by atoms with E-state index in [-0.39, 0.29) is 42.9 Å². The number of nitrogens with one attached hydrogen (secondary N) is 1. The van der Waals surface area contributed by atoms with Crippen LogP contribution in [0.2, 0.25) is 0 Å². The molecule has 0 aliphatic heterocycles. The number of alkyl carbamates (subject to hydrolysis) is 1. The van der Waals surface area contributed by atoms with Crippen molar-refractivity contribution in [3.63, 3.8) is 0 Å². The molecule has 3 unspecified atom stereocenters. The molecule has 0 heterocycles. The minimum absolute atomic E-state index is 0.00138. The van der Waals surface area contributed by atoms with Gasteiger partial charge in [-0.3, -0.25) is 9.59 Å². The van der Waals surface area contributed by atoms with Gasteiger partial charge >= 0.3 is 12.1 Å². The molecule has 1 saturated carbocycles. The zero-order chi connectivity index (χ0) is 23.5. The van der Waals surface area contributed by atoms with Gasteiger partial charge in [0.05, 0.1) is 0 Å². The van der Waals surface area contributed by atoms with Crippen molar-refractivity contribution in [1.82, 2.24) is 10.2 Å². The summed E-state index contributed by atoms with van der Waals surface area (Å²) >= 11 is 0. The SMILES string of the molecule is CCC(C)N(CC(=O)O)C(=O)C1CC1CNC(=O)OCC1c2ccccc2-c2ccccc21. The van der Waals surface area contributed by atoms with Crippen LogP contribution in [0.25, 0.3) is 11.1 Å². The fourth-order valence-corrected chi connectivity index (χ4v) is 4.67. The van der Waals surface area contributed by atoms with Crippen molar-refractivity contribution >= 4 is 18.0 Å². The molecule has 2 aliphatic carbocycles. The van der Waals surface area contributed by atoms with Gasteiger partial charge in [-0.2, -0.15) is 0 Å². The largest absolute Gasteiger partial charge is 0.480 e. The van der Waals surface area contributed by atoms with E-state index in [1.54, 1.807) is 0 Å². The van der Waals surface area contributed by atoms with Crippen LogP contribution in [0.3, 0.4) is 0 Å². The second kappa shape index (κ2) is 9.65. The van der Waals surface area contributed by atoms with Crippen molar-refractivity contribution in [1.29, 1.82) is 0 Å². The third-order valence-corrected chi connectivity index (χ3v) is 6.80. The lowest BCUT2D eigenvalue weighted by molar-refractivity contribution is -0.146. The number of carboxylic acid groups (broad SMARTS) is 1. The number of ether oxygens (including phenoxy) is 1. The Bertz CT molecular complexity index is 1010. The summed E-state index contributed by atoms with van der Waals surface area (Å²) in [4.78, 5) is 37.7. The second-order valence-electron chi connectivity index (χ2n) is 8.93. The van der Waals surface area contributed by atoms with Crippen LogP contribution in [-0.4, -0.2) is 53.7 Å². The van der Waals surface area contributed by atoms with E-state index in [1.807, 2.05) is 38.1 Å². The van der Waals surface area contributed by atoms with E-state index in [1.165, 1.54) is 16.0 Å². The second-order valence-corrected chi connectivity index (χ2v) is 8.93. The number of carboxylic acids is 1. The Morgan fingerprint density at radius 1 is 1.09 bits per heavy atom. The number of hydrogen-bond donors (Lipinski definition) is 2. The van der Waals surface area contributed by atoms with Crippen LogP contribution >= 0.6 is 0 Å². The van der Waals surface area contributed by atoms with Crippen molar-refractivity contribution in [2.45, 2.75) is 38.6 Å². The maximum atomic E-state index is 12.7. The van der Waals surface area contributed by atoms with E-state index in [2.05, 4.69) is 29.6 Å². The first-order valence-corrected chi connectivity index (χ1v) is 11.5. The smallest absolute Gasteiger partial charge is 0.407 e. The minimum atomic E-state index is -1.02. The molecule has 2 N–H and O–H groups in total. The maximum Gasteiger partial charge on any atom is 0.407 e. The standard InChI is InChI=1S/C26H30N2O5/c1-3-16(2)28(14-24(29)30)25(31)22-12-17(22)13-27-26(32)33-15-23-20-10-6-4-8-18(20)19-9-5-7-11-21(19)23/h4-11,16-17,22-23H,3,12-15H2,1-2H3,(H,27,32)(H,29,30). The lowest BCUT2D eigenvalue weighted by atomic mass is 9.98. The molecule has 174 valence electrons. The lowest BCUT2D eigenvalue weighted by Gasteiger charge is -2.27. The number of nitrogens with zero attached hydrogens (tertiary/aromatic N) is 1. The van der Waals surface area contributed by atoms with E-state index >= 15 is 0 Å². The molecule has 7 nitrogen and oxygen atoms in total. The molecule has 0 spiro atoms. The molecule has 2 aromatic rings. The van der Waals surface area contributed by atoms with E-state index in [4.69, 9.17) is 9.84 Å². The molecule has 2 amide bonds. The fourth-order valence-electron chi connectivity index (χ4n) is 4.67. The van der Waals surface area contributed by atoms with Crippen LogP contribution in [0.1, 0.15) is 43.7 Å². The van der Waals surface area contributed by atoms with Gasteiger partial charge in [-0.05, 0) is 47.9 Å². The zero-order valence-electron chi connectivity index (χ0n) is 19.0. The molecule has 4 rings (SSSR count). The van der Waals surface area contributed by atoms with Gasteiger partial charge < -0.3 is 20.1 Å². The normalized spacial score (nSPS) is 19.2. The number of rotatable bonds is 9. The summed E-state index contributed by atoms with van der Waals surface area (Å²) in [6, 6.07) is 16.2. The average molecular weight is 451 g/mol. The summed E-state index contributed by atoms with van der Waals surface area (Å²) in [6.07, 6.45) is 0.836. The molecule has 33 heavy (non-hydrogen) atoms. The number of carbonyl (C=O) groups is 3. The van der Waals surface area contributed by atoms with Gasteiger partial charge in [0, 0.05) is 24.4 Å². The highest BCUT2D eigenvalue weighted by atomic mass is 16.5. The highest BCUT2D eigenvalue weighted by Crippen LogP contribution is 2.44. The zero-order valence-corrected chi connectivity index (χ0v) is 19.0. The topological polar surface area (TPSA) is 95.9 Å². The molecule has 0 radical (unpaired) electrons. The summed E-state index contributed by atoms with van der Waals surface area (Å²) in [5.74, 6) is -1.40. The number of benzene rings is 2. The lowest BCUT2D eigenvalue weighted by Crippen LogP contribution is -2.43. The van der Waals surface area contributed by atoms with Crippen LogP contribution in [0.4, 0.5) is 4.79 Å². The quantitative estimate of drug-likeness (QED) is 0.605. The van der Waals surface area contributed by atoms with Crippen molar-refractivity contribution < 1.29 is 24.2 Å². The van der Waals surface area contributed by atoms with E-state index < -0.39 is 12.1 Å². The Hall–Kier alpha value is -3.35. The van der Waals surface area contributed by atoms with Crippen molar-refractivity contribution in [3.8, 4) is 11.1 Å². The van der Waals surface area contributed by atoms with E-state index in [9.17, 15) is 14.4 Å². The predicted octanol–water partition coefficient (Wildman–Crippen LogP) is 3.87. The number of hydrogen-bond acceptors (Lipinski definition) is 4.